The molecule has 0 bridgehead atoms. The molecule has 0 aliphatic heterocycles. The van der Waals surface area contributed by atoms with E-state index in [1.807, 2.05) is 25.2 Å². The normalized spacial score (nSPS) is 12.4. The fourth-order valence-electron chi connectivity index (χ4n) is 2.26. The Balaban J connectivity index is 2.46. The van der Waals surface area contributed by atoms with Crippen LogP contribution in [0.1, 0.15) is 24.9 Å². The van der Waals surface area contributed by atoms with Crippen LogP contribution in [-0.2, 0) is 0 Å². The number of benzene rings is 2. The van der Waals surface area contributed by atoms with Gasteiger partial charge in [-0.2, -0.15) is 0 Å². The maximum absolute atomic E-state index is 13.8. The third-order valence-electron chi connectivity index (χ3n) is 3.31. The van der Waals surface area contributed by atoms with Gasteiger partial charge in [-0.1, -0.05) is 37.3 Å². The summed E-state index contributed by atoms with van der Waals surface area (Å²) in [7, 11) is 1.89. The second-order valence-corrected chi connectivity index (χ2v) is 4.48. The molecule has 0 aromatic heterocycles. The van der Waals surface area contributed by atoms with Crippen molar-refractivity contribution in [1.82, 2.24) is 5.32 Å². The van der Waals surface area contributed by atoms with Gasteiger partial charge < -0.3 is 5.32 Å². The summed E-state index contributed by atoms with van der Waals surface area (Å²) in [5, 5.41) is 3.20. The van der Waals surface area contributed by atoms with Crippen LogP contribution < -0.4 is 5.32 Å². The molecule has 3 heteroatoms. The van der Waals surface area contributed by atoms with Crippen molar-refractivity contribution in [3.63, 3.8) is 0 Å². The first-order valence-electron chi connectivity index (χ1n) is 6.39. The minimum absolute atomic E-state index is 0.219. The van der Waals surface area contributed by atoms with E-state index in [1.54, 1.807) is 12.1 Å². The van der Waals surface area contributed by atoms with Gasteiger partial charge in [-0.15, -0.1) is 0 Å². The quantitative estimate of drug-likeness (QED) is 0.865. The van der Waals surface area contributed by atoms with Crippen molar-refractivity contribution in [1.29, 1.82) is 0 Å². The molecule has 0 radical (unpaired) electrons. The second-order valence-electron chi connectivity index (χ2n) is 4.48. The van der Waals surface area contributed by atoms with Gasteiger partial charge in [0.1, 0.15) is 0 Å². The van der Waals surface area contributed by atoms with Crippen LogP contribution in [-0.4, -0.2) is 7.05 Å². The van der Waals surface area contributed by atoms with Crippen LogP contribution >= 0.6 is 0 Å². The van der Waals surface area contributed by atoms with Gasteiger partial charge in [0.15, 0.2) is 11.6 Å². The molecule has 0 amide bonds. The maximum Gasteiger partial charge on any atom is 0.166 e. The van der Waals surface area contributed by atoms with E-state index in [0.29, 0.717) is 11.1 Å². The number of nitrogens with one attached hydrogen (secondary N) is 1. The Hall–Kier alpha value is -1.74. The zero-order valence-electron chi connectivity index (χ0n) is 11.1. The predicted octanol–water partition coefficient (Wildman–Crippen LogP) is 4.30. The zero-order chi connectivity index (χ0) is 13.8. The van der Waals surface area contributed by atoms with Crippen molar-refractivity contribution in [2.75, 3.05) is 7.05 Å². The maximum atomic E-state index is 13.8. The topological polar surface area (TPSA) is 12.0 Å². The van der Waals surface area contributed by atoms with Gasteiger partial charge in [-0.25, -0.2) is 8.78 Å². The summed E-state index contributed by atoms with van der Waals surface area (Å²) in [4.78, 5) is 0. The van der Waals surface area contributed by atoms with Crippen LogP contribution in [0.4, 0.5) is 8.78 Å². The van der Waals surface area contributed by atoms with Crippen molar-refractivity contribution in [2.24, 2.45) is 0 Å². The van der Waals surface area contributed by atoms with E-state index < -0.39 is 11.6 Å². The molecule has 100 valence electrons. The lowest BCUT2D eigenvalue weighted by atomic mass is 9.98. The molecule has 0 aliphatic rings. The largest absolute Gasteiger partial charge is 0.313 e. The van der Waals surface area contributed by atoms with Gasteiger partial charge in [0.05, 0.1) is 0 Å². The van der Waals surface area contributed by atoms with E-state index in [9.17, 15) is 8.78 Å². The molecule has 0 spiro atoms. The fourth-order valence-corrected chi connectivity index (χ4v) is 2.26. The average molecular weight is 261 g/mol. The second kappa shape index (κ2) is 5.93. The molecule has 2 aromatic rings. The predicted molar refractivity (Wildman–Crippen MR) is 73.9 cm³/mol. The summed E-state index contributed by atoms with van der Waals surface area (Å²) in [5.74, 6) is -1.61. The van der Waals surface area contributed by atoms with Crippen molar-refractivity contribution >= 4 is 0 Å². The molecular formula is C16H17F2N. The molecule has 0 aliphatic carbocycles. The average Bonchev–Trinajstić information content (AvgIpc) is 2.44. The summed E-state index contributed by atoms with van der Waals surface area (Å²) in [6.07, 6.45) is 0.936. The Morgan fingerprint density at radius 1 is 1.11 bits per heavy atom. The standard InChI is InChI=1S/C16H17F2N/c1-3-15(19-2)12-7-4-6-11(10-12)13-8-5-9-14(17)16(13)18/h4-10,15,19H,3H2,1-2H3. The van der Waals surface area contributed by atoms with E-state index >= 15 is 0 Å². The summed E-state index contributed by atoms with van der Waals surface area (Å²) < 4.78 is 27.1. The molecule has 1 N–H and O–H groups in total. The molecule has 2 rings (SSSR count). The molecule has 19 heavy (non-hydrogen) atoms. The molecule has 0 fully saturated rings. The minimum atomic E-state index is -0.816. The highest BCUT2D eigenvalue weighted by molar-refractivity contribution is 5.65. The van der Waals surface area contributed by atoms with Crippen LogP contribution in [0, 0.1) is 11.6 Å². The third kappa shape index (κ3) is 2.82. The molecular weight excluding hydrogens is 244 g/mol. The molecule has 0 saturated carbocycles. The molecule has 2 aromatic carbocycles. The lowest BCUT2D eigenvalue weighted by molar-refractivity contribution is 0.511. The molecule has 1 nitrogen and oxygen atoms in total. The molecule has 0 heterocycles. The highest BCUT2D eigenvalue weighted by Crippen LogP contribution is 2.27. The van der Waals surface area contributed by atoms with E-state index in [0.717, 1.165) is 18.1 Å². The smallest absolute Gasteiger partial charge is 0.166 e. The van der Waals surface area contributed by atoms with Gasteiger partial charge in [0, 0.05) is 11.6 Å². The van der Waals surface area contributed by atoms with Crippen molar-refractivity contribution in [2.45, 2.75) is 19.4 Å². The number of halogens is 2. The van der Waals surface area contributed by atoms with Crippen LogP contribution in [0.15, 0.2) is 42.5 Å². The lowest BCUT2D eigenvalue weighted by Gasteiger charge is -2.15. The zero-order valence-corrected chi connectivity index (χ0v) is 11.1. The Morgan fingerprint density at radius 3 is 2.53 bits per heavy atom. The van der Waals surface area contributed by atoms with Crippen LogP contribution in [0.3, 0.4) is 0 Å². The minimum Gasteiger partial charge on any atom is -0.313 e. The number of hydrogen-bond donors (Lipinski definition) is 1. The Labute approximate surface area is 112 Å². The first-order valence-corrected chi connectivity index (χ1v) is 6.39. The number of rotatable bonds is 4. The molecule has 0 saturated heterocycles. The van der Waals surface area contributed by atoms with E-state index in [4.69, 9.17) is 0 Å². The monoisotopic (exact) mass is 261 g/mol. The highest BCUT2D eigenvalue weighted by atomic mass is 19.2. The van der Waals surface area contributed by atoms with Gasteiger partial charge >= 0.3 is 0 Å². The van der Waals surface area contributed by atoms with Gasteiger partial charge in [-0.3, -0.25) is 0 Å². The van der Waals surface area contributed by atoms with E-state index in [-0.39, 0.29) is 6.04 Å². The van der Waals surface area contributed by atoms with Crippen molar-refractivity contribution in [3.05, 3.63) is 59.7 Å². The number of hydrogen-bond acceptors (Lipinski definition) is 1. The third-order valence-corrected chi connectivity index (χ3v) is 3.31. The van der Waals surface area contributed by atoms with Gasteiger partial charge in [-0.05, 0) is 36.7 Å². The lowest BCUT2D eigenvalue weighted by Crippen LogP contribution is -2.15. The van der Waals surface area contributed by atoms with Crippen molar-refractivity contribution in [3.8, 4) is 11.1 Å². The Kier molecular flexibility index (Phi) is 4.27. The first kappa shape index (κ1) is 13.7. The SMILES string of the molecule is CCC(NC)c1cccc(-c2cccc(F)c2F)c1. The molecule has 1 unspecified atom stereocenters. The highest BCUT2D eigenvalue weighted by Gasteiger charge is 2.12. The summed E-state index contributed by atoms with van der Waals surface area (Å²) >= 11 is 0. The van der Waals surface area contributed by atoms with Gasteiger partial charge in [0.2, 0.25) is 0 Å². The molecule has 1 atom stereocenters. The van der Waals surface area contributed by atoms with Crippen LogP contribution in [0.25, 0.3) is 11.1 Å². The van der Waals surface area contributed by atoms with E-state index in [2.05, 4.69) is 12.2 Å². The fraction of sp³-hybridized carbons (Fsp3) is 0.250. The summed E-state index contributed by atoms with van der Waals surface area (Å²) in [6, 6.07) is 12.0. The van der Waals surface area contributed by atoms with Crippen molar-refractivity contribution < 1.29 is 8.78 Å². The summed E-state index contributed by atoms with van der Waals surface area (Å²) in [5.41, 5.74) is 2.07. The summed E-state index contributed by atoms with van der Waals surface area (Å²) in [6.45, 7) is 2.08. The first-order chi connectivity index (χ1) is 9.17. The van der Waals surface area contributed by atoms with Gasteiger partial charge in [0.25, 0.3) is 0 Å². The van der Waals surface area contributed by atoms with Crippen LogP contribution in [0.2, 0.25) is 0 Å². The Morgan fingerprint density at radius 2 is 1.84 bits per heavy atom. The van der Waals surface area contributed by atoms with Crippen LogP contribution in [0.5, 0.6) is 0 Å². The van der Waals surface area contributed by atoms with E-state index in [1.165, 1.54) is 6.07 Å². The Bertz CT molecular complexity index is 562.